The van der Waals surface area contributed by atoms with Gasteiger partial charge in [0.2, 0.25) is 5.28 Å². The van der Waals surface area contributed by atoms with Crippen LogP contribution in [-0.4, -0.2) is 14.8 Å². The van der Waals surface area contributed by atoms with Crippen molar-refractivity contribution in [3.8, 4) is 5.69 Å². The second-order valence-electron chi connectivity index (χ2n) is 3.00. The van der Waals surface area contributed by atoms with Gasteiger partial charge < -0.3 is 0 Å². The first-order valence-corrected chi connectivity index (χ1v) is 4.49. The Hall–Kier alpha value is -1.49. The Balaban J connectivity index is 2.72. The Labute approximate surface area is 89.3 Å². The standard InChI is InChI=1S/C9H6ClF2N3/c1-5-2-3-6(11)8(7(5)12)15-4-13-14-9(15)10/h2-4H,1H3. The molecular formula is C9H6ClF2N3. The maximum Gasteiger partial charge on any atom is 0.229 e. The number of nitrogens with zero attached hydrogens (tertiary/aromatic N) is 3. The molecule has 2 aromatic rings. The van der Waals surface area contributed by atoms with E-state index in [1.807, 2.05) is 0 Å². The summed E-state index contributed by atoms with van der Waals surface area (Å²) in [5.41, 5.74) is 0.0705. The molecule has 6 heteroatoms. The topological polar surface area (TPSA) is 30.7 Å². The number of halogens is 3. The average Bonchev–Trinajstić information content (AvgIpc) is 2.60. The number of benzene rings is 1. The van der Waals surface area contributed by atoms with Gasteiger partial charge >= 0.3 is 0 Å². The molecule has 0 unspecified atom stereocenters. The predicted octanol–water partition coefficient (Wildman–Crippen LogP) is 2.51. The van der Waals surface area contributed by atoms with Crippen LogP contribution in [0.4, 0.5) is 8.78 Å². The Morgan fingerprint density at radius 3 is 2.67 bits per heavy atom. The van der Waals surface area contributed by atoms with Gasteiger partial charge in [-0.25, -0.2) is 8.78 Å². The first-order chi connectivity index (χ1) is 7.11. The Morgan fingerprint density at radius 1 is 1.33 bits per heavy atom. The molecule has 0 aliphatic rings. The van der Waals surface area contributed by atoms with Crippen LogP contribution >= 0.6 is 11.6 Å². The summed E-state index contributed by atoms with van der Waals surface area (Å²) in [6, 6.07) is 2.52. The van der Waals surface area contributed by atoms with Crippen molar-refractivity contribution in [2.45, 2.75) is 6.92 Å². The molecule has 0 bridgehead atoms. The van der Waals surface area contributed by atoms with Gasteiger partial charge in [-0.2, -0.15) is 0 Å². The van der Waals surface area contributed by atoms with E-state index in [4.69, 9.17) is 11.6 Å². The maximum atomic E-state index is 13.6. The third-order valence-electron chi connectivity index (χ3n) is 2.01. The number of hydrogen-bond donors (Lipinski definition) is 0. The molecule has 0 N–H and O–H groups in total. The van der Waals surface area contributed by atoms with E-state index in [2.05, 4.69) is 10.2 Å². The molecule has 0 fully saturated rings. The number of aryl methyl sites for hydroxylation is 1. The van der Waals surface area contributed by atoms with Crippen molar-refractivity contribution < 1.29 is 8.78 Å². The Kier molecular flexibility index (Phi) is 2.40. The van der Waals surface area contributed by atoms with Crippen molar-refractivity contribution >= 4 is 11.6 Å². The molecule has 2 rings (SSSR count). The van der Waals surface area contributed by atoms with Crippen LogP contribution in [0.2, 0.25) is 5.28 Å². The van der Waals surface area contributed by atoms with E-state index in [1.165, 1.54) is 19.1 Å². The normalized spacial score (nSPS) is 10.7. The van der Waals surface area contributed by atoms with E-state index in [0.29, 0.717) is 5.56 Å². The van der Waals surface area contributed by atoms with Crippen molar-refractivity contribution in [3.63, 3.8) is 0 Å². The lowest BCUT2D eigenvalue weighted by atomic mass is 10.2. The smallest absolute Gasteiger partial charge is 0.229 e. The van der Waals surface area contributed by atoms with Gasteiger partial charge in [0.05, 0.1) is 0 Å². The third-order valence-corrected chi connectivity index (χ3v) is 2.26. The predicted molar refractivity (Wildman–Crippen MR) is 51.0 cm³/mol. The molecule has 0 amide bonds. The summed E-state index contributed by atoms with van der Waals surface area (Å²) in [5, 5.41) is 6.82. The number of rotatable bonds is 1. The number of hydrogen-bond acceptors (Lipinski definition) is 2. The van der Waals surface area contributed by atoms with E-state index in [1.54, 1.807) is 0 Å². The van der Waals surface area contributed by atoms with Crippen LogP contribution in [-0.2, 0) is 0 Å². The lowest BCUT2D eigenvalue weighted by Gasteiger charge is -2.07. The van der Waals surface area contributed by atoms with Crippen LogP contribution in [0.3, 0.4) is 0 Å². The van der Waals surface area contributed by atoms with E-state index in [9.17, 15) is 8.78 Å². The summed E-state index contributed by atoms with van der Waals surface area (Å²) < 4.78 is 28.1. The zero-order valence-corrected chi connectivity index (χ0v) is 8.46. The first-order valence-electron chi connectivity index (χ1n) is 4.11. The fourth-order valence-electron chi connectivity index (χ4n) is 1.23. The molecule has 3 nitrogen and oxygen atoms in total. The molecule has 0 saturated heterocycles. The second-order valence-corrected chi connectivity index (χ2v) is 3.33. The fraction of sp³-hybridized carbons (Fsp3) is 0.111. The van der Waals surface area contributed by atoms with Gasteiger partial charge in [-0.15, -0.1) is 10.2 Å². The zero-order chi connectivity index (χ0) is 11.0. The van der Waals surface area contributed by atoms with Crippen LogP contribution in [0.5, 0.6) is 0 Å². The van der Waals surface area contributed by atoms with E-state index >= 15 is 0 Å². The molecule has 0 spiro atoms. The molecule has 0 aliphatic carbocycles. The highest BCUT2D eigenvalue weighted by atomic mass is 35.5. The summed E-state index contributed by atoms with van der Waals surface area (Å²) in [4.78, 5) is 0. The van der Waals surface area contributed by atoms with Gasteiger partial charge in [0.25, 0.3) is 0 Å². The highest BCUT2D eigenvalue weighted by molar-refractivity contribution is 6.28. The van der Waals surface area contributed by atoms with Gasteiger partial charge in [0, 0.05) is 0 Å². The molecular weight excluding hydrogens is 224 g/mol. The summed E-state index contributed by atoms with van der Waals surface area (Å²) in [6.07, 6.45) is 1.16. The van der Waals surface area contributed by atoms with Gasteiger partial charge in [0.1, 0.15) is 17.8 Å². The number of aromatic nitrogens is 3. The van der Waals surface area contributed by atoms with Crippen LogP contribution in [0.25, 0.3) is 5.69 Å². The SMILES string of the molecule is Cc1ccc(F)c(-n2cnnc2Cl)c1F. The van der Waals surface area contributed by atoms with Crippen LogP contribution in [0.15, 0.2) is 18.5 Å². The van der Waals surface area contributed by atoms with Crippen LogP contribution < -0.4 is 0 Å². The van der Waals surface area contributed by atoms with Gasteiger partial charge in [-0.05, 0) is 30.2 Å². The minimum absolute atomic E-state index is 0.0848. The Morgan fingerprint density at radius 2 is 2.07 bits per heavy atom. The van der Waals surface area contributed by atoms with E-state index < -0.39 is 11.6 Å². The summed E-state index contributed by atoms with van der Waals surface area (Å²) in [7, 11) is 0. The fourth-order valence-corrected chi connectivity index (χ4v) is 1.41. The largest absolute Gasteiger partial charge is 0.266 e. The van der Waals surface area contributed by atoms with E-state index in [-0.39, 0.29) is 11.0 Å². The molecule has 15 heavy (non-hydrogen) atoms. The first kappa shape index (κ1) is 10.0. The molecule has 1 heterocycles. The van der Waals surface area contributed by atoms with E-state index in [0.717, 1.165) is 10.9 Å². The lowest BCUT2D eigenvalue weighted by Crippen LogP contribution is -2.02. The minimum atomic E-state index is -0.709. The second kappa shape index (κ2) is 3.58. The molecule has 78 valence electrons. The van der Waals surface area contributed by atoms with Crippen molar-refractivity contribution in [1.29, 1.82) is 0 Å². The van der Waals surface area contributed by atoms with Crippen molar-refractivity contribution in [3.05, 3.63) is 40.9 Å². The van der Waals surface area contributed by atoms with Gasteiger partial charge in [0.15, 0.2) is 5.82 Å². The zero-order valence-electron chi connectivity index (χ0n) is 7.71. The van der Waals surface area contributed by atoms with Gasteiger partial charge in [-0.3, -0.25) is 4.57 Å². The lowest BCUT2D eigenvalue weighted by molar-refractivity contribution is 0.563. The summed E-state index contributed by atoms with van der Waals surface area (Å²) in [6.45, 7) is 1.54. The summed E-state index contributed by atoms with van der Waals surface area (Å²) >= 11 is 5.63. The monoisotopic (exact) mass is 229 g/mol. The Bertz CT molecular complexity index is 510. The van der Waals surface area contributed by atoms with Gasteiger partial charge in [-0.1, -0.05) is 6.07 Å². The highest BCUT2D eigenvalue weighted by Crippen LogP contribution is 2.22. The van der Waals surface area contributed by atoms with Crippen molar-refractivity contribution in [1.82, 2.24) is 14.8 Å². The molecule has 0 atom stereocenters. The van der Waals surface area contributed by atoms with Crippen molar-refractivity contribution in [2.75, 3.05) is 0 Å². The third kappa shape index (κ3) is 1.59. The minimum Gasteiger partial charge on any atom is -0.266 e. The molecule has 1 aromatic carbocycles. The highest BCUT2D eigenvalue weighted by Gasteiger charge is 2.15. The van der Waals surface area contributed by atoms with Crippen molar-refractivity contribution in [2.24, 2.45) is 0 Å². The molecule has 0 radical (unpaired) electrons. The molecule has 0 saturated carbocycles. The molecule has 0 aliphatic heterocycles. The summed E-state index contributed by atoms with van der Waals surface area (Å²) in [5.74, 6) is -1.38. The maximum absolute atomic E-state index is 13.6. The quantitative estimate of drug-likeness (QED) is 0.752. The average molecular weight is 230 g/mol. The molecule has 1 aromatic heterocycles. The van der Waals surface area contributed by atoms with Crippen LogP contribution in [0, 0.1) is 18.6 Å². The van der Waals surface area contributed by atoms with Crippen LogP contribution in [0.1, 0.15) is 5.56 Å².